The van der Waals surface area contributed by atoms with Gasteiger partial charge in [0.2, 0.25) is 0 Å². The van der Waals surface area contributed by atoms with E-state index in [9.17, 15) is 14.7 Å². The fraction of sp³-hybridized carbons (Fsp3) is 0.444. The first kappa shape index (κ1) is 25.0. The van der Waals surface area contributed by atoms with Crippen LogP contribution in [0.3, 0.4) is 0 Å². The first-order valence-corrected chi connectivity index (χ1v) is 12.7. The van der Waals surface area contributed by atoms with E-state index in [4.69, 9.17) is 0 Å². The monoisotopic (exact) mass is 492 g/mol. The zero-order valence-corrected chi connectivity index (χ0v) is 21.6. The molecule has 1 N–H and O–H groups in total. The predicted octanol–water partition coefficient (Wildman–Crippen LogP) is 5.47. The minimum atomic E-state index is -1.38. The molecule has 1 fully saturated rings. The topological polar surface area (TPSA) is 96.3 Å². The molecule has 3 atom stereocenters. The average Bonchev–Trinajstić information content (AvgIpc) is 3.45. The van der Waals surface area contributed by atoms with Gasteiger partial charge in [0.05, 0.1) is 6.04 Å². The number of rotatable bonds is 6. The largest absolute Gasteiger partial charge is 0.479 e. The Morgan fingerprint density at radius 3 is 2.34 bits per heavy atom. The number of carbonyl (C=O) groups is 2. The van der Waals surface area contributed by atoms with Crippen molar-refractivity contribution < 1.29 is 14.7 Å². The summed E-state index contributed by atoms with van der Waals surface area (Å²) in [4.78, 5) is 41.7. The molecule has 184 valence electrons. The molecule has 3 heterocycles. The highest BCUT2D eigenvalue weighted by molar-refractivity contribution is 7.09. The lowest BCUT2D eigenvalue weighted by Gasteiger charge is -2.38. The Morgan fingerprint density at radius 2 is 1.83 bits per heavy atom. The number of carboxylic acid groups (broad SMARTS) is 1. The quantitative estimate of drug-likeness (QED) is 0.490. The molecule has 0 radical (unpaired) electrons. The maximum Gasteiger partial charge on any atom is 0.329 e. The van der Waals surface area contributed by atoms with Crippen molar-refractivity contribution >= 4 is 23.2 Å². The van der Waals surface area contributed by atoms with Crippen molar-refractivity contribution in [3.8, 4) is 0 Å². The number of nitrogens with zero attached hydrogens (tertiary/aromatic N) is 4. The van der Waals surface area contributed by atoms with Gasteiger partial charge in [-0.05, 0) is 47.4 Å². The van der Waals surface area contributed by atoms with Crippen molar-refractivity contribution in [1.29, 1.82) is 0 Å². The molecular weight excluding hydrogens is 460 g/mol. The van der Waals surface area contributed by atoms with Gasteiger partial charge in [0.1, 0.15) is 16.9 Å². The van der Waals surface area contributed by atoms with E-state index in [1.165, 1.54) is 17.7 Å². The molecule has 0 bridgehead atoms. The Hall–Kier alpha value is -3.13. The Morgan fingerprint density at radius 1 is 1.17 bits per heavy atom. The smallest absolute Gasteiger partial charge is 0.329 e. The van der Waals surface area contributed by atoms with Gasteiger partial charge in [-0.15, -0.1) is 11.3 Å². The molecule has 4 rings (SSSR count). The van der Waals surface area contributed by atoms with Gasteiger partial charge < -0.3 is 10.0 Å². The second-order valence-corrected chi connectivity index (χ2v) is 11.7. The normalized spacial score (nSPS) is 22.5. The van der Waals surface area contributed by atoms with Crippen LogP contribution in [0, 0.1) is 5.92 Å². The fourth-order valence-electron chi connectivity index (χ4n) is 5.19. The molecule has 1 aliphatic heterocycles. The highest BCUT2D eigenvalue weighted by atomic mass is 32.1. The zero-order chi connectivity index (χ0) is 25.4. The molecule has 0 spiro atoms. The van der Waals surface area contributed by atoms with Crippen LogP contribution in [0.15, 0.2) is 54.6 Å². The molecule has 1 aromatic carbocycles. The molecule has 7 nitrogen and oxygen atoms in total. The van der Waals surface area contributed by atoms with Crippen molar-refractivity contribution in [2.75, 3.05) is 0 Å². The lowest BCUT2D eigenvalue weighted by Crippen LogP contribution is -2.54. The van der Waals surface area contributed by atoms with Crippen molar-refractivity contribution in [2.45, 2.75) is 70.4 Å². The Labute approximate surface area is 210 Å². The summed E-state index contributed by atoms with van der Waals surface area (Å²) in [6, 6.07) is 6.99. The summed E-state index contributed by atoms with van der Waals surface area (Å²) in [6.45, 7) is 10.3. The van der Waals surface area contributed by atoms with E-state index < -0.39 is 17.6 Å². The number of carbonyl (C=O) groups excluding carboxylic acids is 1. The number of hydrogen-bond acceptors (Lipinski definition) is 6. The van der Waals surface area contributed by atoms with Gasteiger partial charge in [0.25, 0.3) is 5.91 Å². The summed E-state index contributed by atoms with van der Waals surface area (Å²) in [5, 5.41) is 13.2. The van der Waals surface area contributed by atoms with Gasteiger partial charge in [0.15, 0.2) is 0 Å². The Bertz CT molecular complexity index is 1170. The second-order valence-electron chi connectivity index (χ2n) is 10.7. The standard InChI is InChI=1S/C27H32N4O3S/c1-17(2)12-27(25(33)34)13-21(19-14-28-16-29-15-19)22(23-30-10-11-35-23)31(27)24(32)18-6-8-20(9-7-18)26(3,4)5/h6-11,14-17,21-22H,12-13H2,1-5H3,(H,33,34)/t21?,22?,27-/m0/s1. The van der Waals surface area contributed by atoms with Crippen LogP contribution in [0.5, 0.6) is 0 Å². The van der Waals surface area contributed by atoms with Crippen LogP contribution < -0.4 is 0 Å². The number of amides is 1. The number of aromatic nitrogens is 3. The van der Waals surface area contributed by atoms with Crippen LogP contribution in [-0.4, -0.2) is 42.4 Å². The SMILES string of the molecule is CC(C)C[C@@]1(C(=O)O)CC(c2cncnc2)C(c2nccs2)N1C(=O)c1ccc(C(C)(C)C)cc1. The van der Waals surface area contributed by atoms with Gasteiger partial charge in [-0.3, -0.25) is 4.79 Å². The Balaban J connectivity index is 1.89. The summed E-state index contributed by atoms with van der Waals surface area (Å²) in [5.74, 6) is -1.53. The van der Waals surface area contributed by atoms with E-state index in [0.717, 1.165) is 11.1 Å². The molecule has 1 saturated heterocycles. The molecule has 8 heteroatoms. The minimum absolute atomic E-state index is 0.0560. The van der Waals surface area contributed by atoms with Crippen LogP contribution in [0.1, 0.15) is 85.9 Å². The third-order valence-electron chi connectivity index (χ3n) is 6.75. The van der Waals surface area contributed by atoms with Crippen LogP contribution in [-0.2, 0) is 10.2 Å². The van der Waals surface area contributed by atoms with Crippen LogP contribution >= 0.6 is 11.3 Å². The van der Waals surface area contributed by atoms with E-state index in [0.29, 0.717) is 17.0 Å². The van der Waals surface area contributed by atoms with Gasteiger partial charge in [0, 0.05) is 35.5 Å². The number of carboxylic acids is 1. The third-order valence-corrected chi connectivity index (χ3v) is 7.60. The molecule has 0 saturated carbocycles. The number of likely N-dealkylation sites (tertiary alicyclic amines) is 1. The minimum Gasteiger partial charge on any atom is -0.479 e. The summed E-state index contributed by atoms with van der Waals surface area (Å²) < 4.78 is 0. The lowest BCUT2D eigenvalue weighted by molar-refractivity contribution is -0.150. The van der Waals surface area contributed by atoms with Crippen molar-refractivity contribution in [1.82, 2.24) is 19.9 Å². The van der Waals surface area contributed by atoms with E-state index in [2.05, 4.69) is 35.7 Å². The van der Waals surface area contributed by atoms with Crippen LogP contribution in [0.25, 0.3) is 0 Å². The van der Waals surface area contributed by atoms with Crippen LogP contribution in [0.2, 0.25) is 0 Å². The van der Waals surface area contributed by atoms with Crippen molar-refractivity contribution in [2.24, 2.45) is 5.92 Å². The molecule has 35 heavy (non-hydrogen) atoms. The fourth-order valence-corrected chi connectivity index (χ4v) is 5.98. The predicted molar refractivity (Wildman–Crippen MR) is 135 cm³/mol. The maximum atomic E-state index is 14.2. The lowest BCUT2D eigenvalue weighted by atomic mass is 9.82. The number of benzene rings is 1. The van der Waals surface area contributed by atoms with E-state index in [-0.39, 0.29) is 29.6 Å². The zero-order valence-electron chi connectivity index (χ0n) is 20.8. The van der Waals surface area contributed by atoms with Gasteiger partial charge in [-0.2, -0.15) is 0 Å². The molecule has 0 aliphatic carbocycles. The van der Waals surface area contributed by atoms with Crippen molar-refractivity contribution in [3.05, 3.63) is 76.3 Å². The highest BCUT2D eigenvalue weighted by Crippen LogP contribution is 2.54. The number of thiazole rings is 1. The summed E-state index contributed by atoms with van der Waals surface area (Å²) >= 11 is 1.43. The first-order valence-electron chi connectivity index (χ1n) is 11.9. The van der Waals surface area contributed by atoms with Gasteiger partial charge in [-0.1, -0.05) is 46.8 Å². The third kappa shape index (κ3) is 4.72. The molecule has 1 amide bonds. The van der Waals surface area contributed by atoms with E-state index in [1.54, 1.807) is 23.5 Å². The van der Waals surface area contributed by atoms with Crippen LogP contribution in [0.4, 0.5) is 0 Å². The van der Waals surface area contributed by atoms with E-state index >= 15 is 0 Å². The average molecular weight is 493 g/mol. The molecule has 2 unspecified atom stereocenters. The first-order chi connectivity index (χ1) is 16.5. The highest BCUT2D eigenvalue weighted by Gasteiger charge is 2.60. The number of hydrogen-bond donors (Lipinski definition) is 1. The molecule has 1 aliphatic rings. The maximum absolute atomic E-state index is 14.2. The van der Waals surface area contributed by atoms with Crippen molar-refractivity contribution in [3.63, 3.8) is 0 Å². The van der Waals surface area contributed by atoms with E-state index in [1.807, 2.05) is 43.5 Å². The molecular formula is C27H32N4O3S. The van der Waals surface area contributed by atoms with Gasteiger partial charge in [-0.25, -0.2) is 19.7 Å². The number of aliphatic carboxylic acids is 1. The Kier molecular flexibility index (Phi) is 6.77. The summed E-state index contributed by atoms with van der Waals surface area (Å²) in [6.07, 6.45) is 7.18. The molecule has 2 aromatic heterocycles. The second kappa shape index (κ2) is 9.49. The van der Waals surface area contributed by atoms with Gasteiger partial charge >= 0.3 is 5.97 Å². The molecule has 3 aromatic rings. The summed E-state index contributed by atoms with van der Waals surface area (Å²) in [5.41, 5.74) is 0.946. The summed E-state index contributed by atoms with van der Waals surface area (Å²) in [7, 11) is 0.